The first-order chi connectivity index (χ1) is 6.63. The molecule has 0 aliphatic rings. The highest BCUT2D eigenvalue weighted by Gasteiger charge is 1.98. The summed E-state index contributed by atoms with van der Waals surface area (Å²) in [5.41, 5.74) is 2.63. The van der Waals surface area contributed by atoms with Crippen LogP contribution in [0.15, 0.2) is 24.3 Å². The van der Waals surface area contributed by atoms with Gasteiger partial charge in [0, 0.05) is 26.3 Å². The first kappa shape index (κ1) is 11.1. The minimum Gasteiger partial charge on any atom is -0.378 e. The Morgan fingerprint density at radius 2 is 1.57 bits per heavy atom. The molecule has 0 atom stereocenters. The molecule has 0 unspecified atom stereocenters. The monoisotopic (exact) mass is 192 g/mol. The standard InChI is InChI=1S/C12H20N2/c1-5-14(4)10-11-6-8-12(9-7-11)13(2)3/h6-9H,5,10H2,1-4H3. The summed E-state index contributed by atoms with van der Waals surface area (Å²) >= 11 is 0. The second-order valence-corrected chi connectivity index (χ2v) is 3.89. The predicted octanol–water partition coefficient (Wildman–Crippen LogP) is 2.20. The van der Waals surface area contributed by atoms with Gasteiger partial charge in [0.15, 0.2) is 0 Å². The van der Waals surface area contributed by atoms with Crippen molar-refractivity contribution in [3.05, 3.63) is 29.8 Å². The Morgan fingerprint density at radius 1 is 1.00 bits per heavy atom. The van der Waals surface area contributed by atoms with Crippen molar-refractivity contribution in [2.45, 2.75) is 13.5 Å². The summed E-state index contributed by atoms with van der Waals surface area (Å²) < 4.78 is 0. The van der Waals surface area contributed by atoms with Gasteiger partial charge in [-0.3, -0.25) is 0 Å². The van der Waals surface area contributed by atoms with Gasteiger partial charge in [0.1, 0.15) is 0 Å². The molecule has 0 bridgehead atoms. The molecule has 0 fully saturated rings. The van der Waals surface area contributed by atoms with E-state index in [9.17, 15) is 0 Å². The number of hydrogen-bond donors (Lipinski definition) is 0. The summed E-state index contributed by atoms with van der Waals surface area (Å²) in [6.07, 6.45) is 0. The maximum atomic E-state index is 2.30. The molecule has 0 saturated heterocycles. The van der Waals surface area contributed by atoms with Crippen LogP contribution in [-0.2, 0) is 6.54 Å². The largest absolute Gasteiger partial charge is 0.378 e. The van der Waals surface area contributed by atoms with E-state index in [1.807, 2.05) is 0 Å². The van der Waals surface area contributed by atoms with Crippen molar-refractivity contribution < 1.29 is 0 Å². The van der Waals surface area contributed by atoms with Gasteiger partial charge in [-0.15, -0.1) is 0 Å². The fourth-order valence-corrected chi connectivity index (χ4v) is 1.32. The molecule has 14 heavy (non-hydrogen) atoms. The molecule has 0 aromatic heterocycles. The van der Waals surface area contributed by atoms with Crippen molar-refractivity contribution in [3.8, 4) is 0 Å². The first-order valence-corrected chi connectivity index (χ1v) is 5.08. The smallest absolute Gasteiger partial charge is 0.0361 e. The third-order valence-corrected chi connectivity index (χ3v) is 2.45. The van der Waals surface area contributed by atoms with E-state index < -0.39 is 0 Å². The lowest BCUT2D eigenvalue weighted by molar-refractivity contribution is 0.346. The lowest BCUT2D eigenvalue weighted by Crippen LogP contribution is -2.16. The molecule has 1 aromatic rings. The molecule has 78 valence electrons. The van der Waals surface area contributed by atoms with Crippen LogP contribution < -0.4 is 4.90 Å². The van der Waals surface area contributed by atoms with E-state index in [4.69, 9.17) is 0 Å². The van der Waals surface area contributed by atoms with Gasteiger partial charge in [0.05, 0.1) is 0 Å². The normalized spacial score (nSPS) is 10.6. The molecule has 1 aromatic carbocycles. The van der Waals surface area contributed by atoms with Crippen molar-refractivity contribution in [1.82, 2.24) is 4.90 Å². The van der Waals surface area contributed by atoms with Crippen LogP contribution >= 0.6 is 0 Å². The second-order valence-electron chi connectivity index (χ2n) is 3.89. The van der Waals surface area contributed by atoms with E-state index >= 15 is 0 Å². The summed E-state index contributed by atoms with van der Waals surface area (Å²) in [6.45, 7) is 4.30. The zero-order valence-corrected chi connectivity index (χ0v) is 9.62. The molecule has 0 aliphatic heterocycles. The molecule has 2 nitrogen and oxygen atoms in total. The minimum absolute atomic E-state index is 1.03. The highest BCUT2D eigenvalue weighted by atomic mass is 15.1. The minimum atomic E-state index is 1.03. The number of hydrogen-bond acceptors (Lipinski definition) is 2. The van der Waals surface area contributed by atoms with Crippen molar-refractivity contribution in [2.75, 3.05) is 32.6 Å². The van der Waals surface area contributed by atoms with Crippen LogP contribution in [0.5, 0.6) is 0 Å². The third-order valence-electron chi connectivity index (χ3n) is 2.45. The van der Waals surface area contributed by atoms with E-state index in [-0.39, 0.29) is 0 Å². The fourth-order valence-electron chi connectivity index (χ4n) is 1.32. The van der Waals surface area contributed by atoms with Crippen LogP contribution in [0.3, 0.4) is 0 Å². The number of benzene rings is 1. The number of rotatable bonds is 4. The molecule has 0 N–H and O–H groups in total. The highest BCUT2D eigenvalue weighted by molar-refractivity contribution is 5.45. The molecule has 0 radical (unpaired) electrons. The molecule has 0 saturated carbocycles. The SMILES string of the molecule is CCN(C)Cc1ccc(N(C)C)cc1. The Balaban J connectivity index is 2.64. The predicted molar refractivity (Wildman–Crippen MR) is 62.8 cm³/mol. The molecule has 0 amide bonds. The van der Waals surface area contributed by atoms with Crippen molar-refractivity contribution >= 4 is 5.69 Å². The van der Waals surface area contributed by atoms with E-state index in [1.54, 1.807) is 0 Å². The summed E-state index contributed by atoms with van der Waals surface area (Å²) in [5, 5.41) is 0. The lowest BCUT2D eigenvalue weighted by atomic mass is 10.2. The Bertz CT molecular complexity index is 264. The maximum Gasteiger partial charge on any atom is 0.0361 e. The molecule has 1 rings (SSSR count). The van der Waals surface area contributed by atoms with Gasteiger partial charge in [0.25, 0.3) is 0 Å². The highest BCUT2D eigenvalue weighted by Crippen LogP contribution is 2.12. The maximum absolute atomic E-state index is 2.30. The second kappa shape index (κ2) is 5.01. The van der Waals surface area contributed by atoms with Gasteiger partial charge >= 0.3 is 0 Å². The molecule has 0 spiro atoms. The average Bonchev–Trinajstić information content (AvgIpc) is 2.18. The van der Waals surface area contributed by atoms with Gasteiger partial charge < -0.3 is 9.80 Å². The van der Waals surface area contributed by atoms with Crippen LogP contribution in [0, 0.1) is 0 Å². The van der Waals surface area contributed by atoms with E-state index in [0.29, 0.717) is 0 Å². The zero-order valence-electron chi connectivity index (χ0n) is 9.62. The Kier molecular flexibility index (Phi) is 3.96. The van der Waals surface area contributed by atoms with Gasteiger partial charge in [-0.05, 0) is 31.3 Å². The first-order valence-electron chi connectivity index (χ1n) is 5.08. The van der Waals surface area contributed by atoms with Crippen molar-refractivity contribution in [1.29, 1.82) is 0 Å². The van der Waals surface area contributed by atoms with Crippen LogP contribution in [0.2, 0.25) is 0 Å². The molecule has 2 heteroatoms. The average molecular weight is 192 g/mol. The van der Waals surface area contributed by atoms with Gasteiger partial charge in [-0.1, -0.05) is 19.1 Å². The summed E-state index contributed by atoms with van der Waals surface area (Å²) in [4.78, 5) is 4.41. The van der Waals surface area contributed by atoms with E-state index in [2.05, 4.69) is 62.1 Å². The number of anilines is 1. The number of nitrogens with zero attached hydrogens (tertiary/aromatic N) is 2. The molecule has 0 aliphatic carbocycles. The molecular formula is C12H20N2. The summed E-state index contributed by atoms with van der Waals surface area (Å²) in [6, 6.07) is 8.72. The van der Waals surface area contributed by atoms with Crippen LogP contribution in [0.25, 0.3) is 0 Å². The van der Waals surface area contributed by atoms with Gasteiger partial charge in [0.2, 0.25) is 0 Å². The van der Waals surface area contributed by atoms with Crippen molar-refractivity contribution in [2.24, 2.45) is 0 Å². The van der Waals surface area contributed by atoms with E-state index in [1.165, 1.54) is 11.3 Å². The lowest BCUT2D eigenvalue weighted by Gasteiger charge is -2.16. The third kappa shape index (κ3) is 3.04. The van der Waals surface area contributed by atoms with E-state index in [0.717, 1.165) is 13.1 Å². The molecular weight excluding hydrogens is 172 g/mol. The van der Waals surface area contributed by atoms with Crippen LogP contribution in [0.1, 0.15) is 12.5 Å². The van der Waals surface area contributed by atoms with Crippen molar-refractivity contribution in [3.63, 3.8) is 0 Å². The molecule has 0 heterocycles. The van der Waals surface area contributed by atoms with Crippen LogP contribution in [-0.4, -0.2) is 32.6 Å². The van der Waals surface area contributed by atoms with Gasteiger partial charge in [-0.2, -0.15) is 0 Å². The topological polar surface area (TPSA) is 6.48 Å². The summed E-state index contributed by atoms with van der Waals surface area (Å²) in [5.74, 6) is 0. The zero-order chi connectivity index (χ0) is 10.6. The summed E-state index contributed by atoms with van der Waals surface area (Å²) in [7, 11) is 6.26. The fraction of sp³-hybridized carbons (Fsp3) is 0.500. The quantitative estimate of drug-likeness (QED) is 0.721. The Labute approximate surface area is 87.1 Å². The Morgan fingerprint density at radius 3 is 2.00 bits per heavy atom. The Hall–Kier alpha value is -1.02. The van der Waals surface area contributed by atoms with Gasteiger partial charge in [-0.25, -0.2) is 0 Å². The van der Waals surface area contributed by atoms with Crippen LogP contribution in [0.4, 0.5) is 5.69 Å².